The molecule has 0 saturated heterocycles. The molecule has 108 valence electrons. The van der Waals surface area contributed by atoms with E-state index < -0.39 is 4.33 Å². The number of halogens is 3. The van der Waals surface area contributed by atoms with Crippen LogP contribution < -0.4 is 5.32 Å². The van der Waals surface area contributed by atoms with Crippen LogP contribution in [0.15, 0.2) is 48.5 Å². The van der Waals surface area contributed by atoms with Crippen molar-refractivity contribution in [1.82, 2.24) is 0 Å². The van der Waals surface area contributed by atoms with Crippen molar-refractivity contribution in [3.05, 3.63) is 64.7 Å². The van der Waals surface area contributed by atoms with E-state index in [0.717, 1.165) is 12.0 Å². The number of benzene rings is 2. The molecule has 1 amide bonds. The van der Waals surface area contributed by atoms with Crippen LogP contribution in [0.5, 0.6) is 0 Å². The zero-order valence-electron chi connectivity index (χ0n) is 10.9. The lowest BCUT2D eigenvalue weighted by Gasteiger charge is -2.08. The number of hydrogen-bond donors (Lipinski definition) is 1. The molecule has 1 saturated carbocycles. The van der Waals surface area contributed by atoms with Gasteiger partial charge in [-0.2, -0.15) is 0 Å². The predicted octanol–water partition coefficient (Wildman–Crippen LogP) is 5.25. The topological polar surface area (TPSA) is 29.1 Å². The van der Waals surface area contributed by atoms with E-state index in [9.17, 15) is 4.79 Å². The van der Waals surface area contributed by atoms with Gasteiger partial charge in [-0.1, -0.05) is 35.9 Å². The van der Waals surface area contributed by atoms with Crippen LogP contribution in [0.25, 0.3) is 0 Å². The molecular formula is C16H12Cl3NO. The van der Waals surface area contributed by atoms with E-state index in [-0.39, 0.29) is 11.8 Å². The molecule has 2 nitrogen and oxygen atoms in total. The second-order valence-corrected chi connectivity index (χ2v) is 7.02. The SMILES string of the molecule is O=C(Nc1ccc(C2CC2(Cl)Cl)cc1)c1ccccc1Cl. The standard InChI is InChI=1S/C16H12Cl3NO/c17-14-4-2-1-3-12(14)15(21)20-11-7-5-10(6-8-11)13-9-16(13,18)19/h1-8,13H,9H2,(H,20,21). The van der Waals surface area contributed by atoms with Gasteiger partial charge in [-0.05, 0) is 36.2 Å². The lowest BCUT2D eigenvalue weighted by molar-refractivity contribution is 0.102. The van der Waals surface area contributed by atoms with Gasteiger partial charge in [0.15, 0.2) is 0 Å². The van der Waals surface area contributed by atoms with Crippen molar-refractivity contribution >= 4 is 46.4 Å². The Morgan fingerprint density at radius 3 is 2.29 bits per heavy atom. The van der Waals surface area contributed by atoms with Gasteiger partial charge in [0.25, 0.3) is 5.91 Å². The Bertz CT molecular complexity index is 682. The second-order valence-electron chi connectivity index (χ2n) is 5.07. The highest BCUT2D eigenvalue weighted by atomic mass is 35.5. The van der Waals surface area contributed by atoms with E-state index in [1.807, 2.05) is 24.3 Å². The summed E-state index contributed by atoms with van der Waals surface area (Å²) in [6.07, 6.45) is 0.765. The maximum Gasteiger partial charge on any atom is 0.257 e. The molecule has 3 rings (SSSR count). The molecule has 1 N–H and O–H groups in total. The quantitative estimate of drug-likeness (QED) is 0.759. The first-order chi connectivity index (χ1) is 9.97. The third-order valence-electron chi connectivity index (χ3n) is 3.52. The summed E-state index contributed by atoms with van der Waals surface area (Å²) in [5.74, 6) is -0.0574. The highest BCUT2D eigenvalue weighted by Crippen LogP contribution is 2.59. The normalized spacial score (nSPS) is 19.1. The van der Waals surface area contributed by atoms with E-state index in [1.165, 1.54) is 0 Å². The van der Waals surface area contributed by atoms with Gasteiger partial charge in [-0.3, -0.25) is 4.79 Å². The van der Waals surface area contributed by atoms with Crippen molar-refractivity contribution in [2.45, 2.75) is 16.7 Å². The minimum atomic E-state index is -0.637. The zero-order valence-corrected chi connectivity index (χ0v) is 13.2. The van der Waals surface area contributed by atoms with Gasteiger partial charge in [-0.15, -0.1) is 23.2 Å². The van der Waals surface area contributed by atoms with Gasteiger partial charge in [-0.25, -0.2) is 0 Å². The molecule has 5 heteroatoms. The molecule has 2 aromatic rings. The molecule has 0 heterocycles. The van der Waals surface area contributed by atoms with Crippen LogP contribution in [-0.4, -0.2) is 10.2 Å². The van der Waals surface area contributed by atoms with Crippen molar-refractivity contribution in [3.8, 4) is 0 Å². The molecule has 0 spiro atoms. The molecule has 21 heavy (non-hydrogen) atoms. The Balaban J connectivity index is 1.71. The first-order valence-electron chi connectivity index (χ1n) is 6.51. The average Bonchev–Trinajstić information content (AvgIpc) is 3.09. The molecule has 1 fully saturated rings. The number of nitrogens with one attached hydrogen (secondary N) is 1. The maximum absolute atomic E-state index is 12.1. The maximum atomic E-state index is 12.1. The van der Waals surface area contributed by atoms with E-state index in [0.29, 0.717) is 16.3 Å². The van der Waals surface area contributed by atoms with Crippen molar-refractivity contribution in [2.75, 3.05) is 5.32 Å². The van der Waals surface area contributed by atoms with Crippen LogP contribution in [0.2, 0.25) is 5.02 Å². The number of hydrogen-bond acceptors (Lipinski definition) is 1. The van der Waals surface area contributed by atoms with Crippen molar-refractivity contribution in [1.29, 1.82) is 0 Å². The highest BCUT2D eigenvalue weighted by Gasteiger charge is 2.52. The summed E-state index contributed by atoms with van der Waals surface area (Å²) in [7, 11) is 0. The van der Waals surface area contributed by atoms with E-state index in [1.54, 1.807) is 24.3 Å². The molecule has 1 atom stereocenters. The van der Waals surface area contributed by atoms with Crippen LogP contribution in [0.4, 0.5) is 5.69 Å². The third kappa shape index (κ3) is 3.18. The predicted molar refractivity (Wildman–Crippen MR) is 87.6 cm³/mol. The van der Waals surface area contributed by atoms with Crippen LogP contribution in [0.3, 0.4) is 0 Å². The fraction of sp³-hybridized carbons (Fsp3) is 0.188. The lowest BCUT2D eigenvalue weighted by atomic mass is 10.1. The van der Waals surface area contributed by atoms with Crippen molar-refractivity contribution in [2.24, 2.45) is 0 Å². The van der Waals surface area contributed by atoms with Gasteiger partial charge in [0.1, 0.15) is 4.33 Å². The minimum absolute atomic E-state index is 0.175. The van der Waals surface area contributed by atoms with Crippen LogP contribution in [-0.2, 0) is 0 Å². The molecule has 0 aromatic heterocycles. The van der Waals surface area contributed by atoms with Gasteiger partial charge < -0.3 is 5.32 Å². The van der Waals surface area contributed by atoms with Gasteiger partial charge >= 0.3 is 0 Å². The van der Waals surface area contributed by atoms with E-state index in [4.69, 9.17) is 34.8 Å². The van der Waals surface area contributed by atoms with Crippen LogP contribution in [0.1, 0.15) is 28.3 Å². The smallest absolute Gasteiger partial charge is 0.257 e. The highest BCUT2D eigenvalue weighted by molar-refractivity contribution is 6.51. The Labute approximate surface area is 138 Å². The molecule has 0 radical (unpaired) electrons. The summed E-state index contributed by atoms with van der Waals surface area (Å²) in [6.45, 7) is 0. The minimum Gasteiger partial charge on any atom is -0.322 e. The second kappa shape index (κ2) is 5.53. The molecule has 2 aromatic carbocycles. The Kier molecular flexibility index (Phi) is 3.87. The molecular weight excluding hydrogens is 329 g/mol. The molecule has 1 aliphatic carbocycles. The van der Waals surface area contributed by atoms with Crippen molar-refractivity contribution < 1.29 is 4.79 Å². The van der Waals surface area contributed by atoms with Crippen LogP contribution in [0, 0.1) is 0 Å². The van der Waals surface area contributed by atoms with Gasteiger partial charge in [0.2, 0.25) is 0 Å². The fourth-order valence-electron chi connectivity index (χ4n) is 2.22. The summed E-state index contributed by atoms with van der Waals surface area (Å²) < 4.78 is -0.637. The monoisotopic (exact) mass is 339 g/mol. The fourth-order valence-corrected chi connectivity index (χ4v) is 3.00. The largest absolute Gasteiger partial charge is 0.322 e. The van der Waals surface area contributed by atoms with Gasteiger partial charge in [0, 0.05) is 11.6 Å². The first-order valence-corrected chi connectivity index (χ1v) is 7.64. The number of amides is 1. The number of rotatable bonds is 3. The number of alkyl halides is 2. The molecule has 0 bridgehead atoms. The summed E-state index contributed by atoms with van der Waals surface area (Å²) >= 11 is 18.1. The van der Waals surface area contributed by atoms with E-state index in [2.05, 4.69) is 5.32 Å². The Morgan fingerprint density at radius 1 is 1.10 bits per heavy atom. The first kappa shape index (κ1) is 14.7. The number of anilines is 1. The summed E-state index contributed by atoms with van der Waals surface area (Å²) in [4.78, 5) is 12.1. The number of carbonyl (C=O) groups is 1. The Morgan fingerprint density at radius 2 is 1.71 bits per heavy atom. The zero-order chi connectivity index (χ0) is 15.0. The van der Waals surface area contributed by atoms with Crippen molar-refractivity contribution in [3.63, 3.8) is 0 Å². The average molecular weight is 341 g/mol. The molecule has 0 aliphatic heterocycles. The van der Waals surface area contributed by atoms with E-state index >= 15 is 0 Å². The summed E-state index contributed by atoms with van der Waals surface area (Å²) in [5, 5.41) is 3.25. The Hall–Kier alpha value is -1.22. The summed E-state index contributed by atoms with van der Waals surface area (Å²) in [5.41, 5.74) is 2.24. The van der Waals surface area contributed by atoms with Crippen LogP contribution >= 0.6 is 34.8 Å². The summed E-state index contributed by atoms with van der Waals surface area (Å²) in [6, 6.07) is 14.5. The molecule has 1 unspecified atom stereocenters. The lowest BCUT2D eigenvalue weighted by Crippen LogP contribution is -2.12. The number of carbonyl (C=O) groups excluding carboxylic acids is 1. The third-order valence-corrected chi connectivity index (χ3v) is 4.68. The van der Waals surface area contributed by atoms with Gasteiger partial charge in [0.05, 0.1) is 10.6 Å². The molecule has 1 aliphatic rings.